The van der Waals surface area contributed by atoms with E-state index in [4.69, 9.17) is 0 Å². The van der Waals surface area contributed by atoms with Crippen LogP contribution in [0, 0.1) is 5.92 Å². The molecule has 0 saturated heterocycles. The van der Waals surface area contributed by atoms with Crippen LogP contribution in [-0.4, -0.2) is 22.3 Å². The van der Waals surface area contributed by atoms with Crippen molar-refractivity contribution >= 4 is 17.3 Å². The number of carbonyl (C=O) groups is 3. The molecule has 0 spiro atoms. The van der Waals surface area contributed by atoms with Gasteiger partial charge in [0.25, 0.3) is 0 Å². The molecule has 17 heavy (non-hydrogen) atoms. The summed E-state index contributed by atoms with van der Waals surface area (Å²) in [6.07, 6.45) is 2.62. The number of pyridine rings is 1. The molecule has 1 unspecified atom stereocenters. The molecule has 1 aromatic heterocycles. The lowest BCUT2D eigenvalue weighted by Gasteiger charge is -2.18. The quantitative estimate of drug-likeness (QED) is 0.585. The second-order valence-corrected chi connectivity index (χ2v) is 4.26. The van der Waals surface area contributed by atoms with E-state index < -0.39 is 0 Å². The lowest BCUT2D eigenvalue weighted by Crippen LogP contribution is -2.27. The molecular weight excluding hydrogens is 218 g/mol. The molecule has 0 aliphatic heterocycles. The van der Waals surface area contributed by atoms with Crippen LogP contribution in [0.4, 0.5) is 0 Å². The van der Waals surface area contributed by atoms with Gasteiger partial charge in [-0.3, -0.25) is 19.4 Å². The van der Waals surface area contributed by atoms with Gasteiger partial charge in [-0.1, -0.05) is 6.07 Å². The zero-order valence-corrected chi connectivity index (χ0v) is 9.39. The molecule has 0 N–H and O–H groups in total. The van der Waals surface area contributed by atoms with Crippen LogP contribution in [0.2, 0.25) is 0 Å². The monoisotopic (exact) mass is 231 g/mol. The van der Waals surface area contributed by atoms with Crippen molar-refractivity contribution in [3.05, 3.63) is 30.1 Å². The molecule has 2 rings (SSSR count). The van der Waals surface area contributed by atoms with Crippen molar-refractivity contribution in [3.8, 4) is 0 Å². The number of ketones is 3. The Hall–Kier alpha value is -1.84. The SMILES string of the molecule is O=C1CCC(CC(=O)c2ccccn2)C(=O)C1. The first-order valence-corrected chi connectivity index (χ1v) is 5.65. The maximum absolute atomic E-state index is 11.8. The van der Waals surface area contributed by atoms with Gasteiger partial charge in [0.1, 0.15) is 17.3 Å². The van der Waals surface area contributed by atoms with Gasteiger partial charge in [0.05, 0.1) is 6.42 Å². The molecule has 4 heteroatoms. The first-order chi connectivity index (χ1) is 8.16. The van der Waals surface area contributed by atoms with Gasteiger partial charge in [-0.05, 0) is 18.6 Å². The fraction of sp³-hybridized carbons (Fsp3) is 0.385. The van der Waals surface area contributed by atoms with Crippen molar-refractivity contribution < 1.29 is 14.4 Å². The molecule has 1 atom stereocenters. The Morgan fingerprint density at radius 3 is 2.82 bits per heavy atom. The Labute approximate surface area is 99.0 Å². The summed E-state index contributed by atoms with van der Waals surface area (Å²) in [6.45, 7) is 0. The maximum Gasteiger partial charge on any atom is 0.181 e. The van der Waals surface area contributed by atoms with E-state index in [-0.39, 0.29) is 36.1 Å². The average molecular weight is 231 g/mol. The molecule has 0 radical (unpaired) electrons. The molecule has 0 bridgehead atoms. The third-order valence-electron chi connectivity index (χ3n) is 2.98. The largest absolute Gasteiger partial charge is 0.299 e. The van der Waals surface area contributed by atoms with Crippen molar-refractivity contribution in [2.75, 3.05) is 0 Å². The summed E-state index contributed by atoms with van der Waals surface area (Å²) in [6, 6.07) is 5.12. The van der Waals surface area contributed by atoms with E-state index in [2.05, 4.69) is 4.98 Å². The van der Waals surface area contributed by atoms with Crippen molar-refractivity contribution in [2.24, 2.45) is 5.92 Å². The molecule has 1 aliphatic carbocycles. The van der Waals surface area contributed by atoms with E-state index in [9.17, 15) is 14.4 Å². The van der Waals surface area contributed by atoms with Crippen molar-refractivity contribution in [2.45, 2.75) is 25.7 Å². The van der Waals surface area contributed by atoms with Crippen LogP contribution in [0.3, 0.4) is 0 Å². The first kappa shape index (κ1) is 11.6. The summed E-state index contributed by atoms with van der Waals surface area (Å²) >= 11 is 0. The lowest BCUT2D eigenvalue weighted by atomic mass is 9.83. The zero-order chi connectivity index (χ0) is 12.3. The van der Waals surface area contributed by atoms with Gasteiger partial charge in [0.15, 0.2) is 5.78 Å². The number of aromatic nitrogens is 1. The molecule has 1 aromatic rings. The minimum absolute atomic E-state index is 0.0137. The van der Waals surface area contributed by atoms with Gasteiger partial charge in [0, 0.05) is 25.0 Å². The average Bonchev–Trinajstić information content (AvgIpc) is 2.34. The third kappa shape index (κ3) is 2.84. The molecule has 4 nitrogen and oxygen atoms in total. The van der Waals surface area contributed by atoms with Crippen molar-refractivity contribution in [1.82, 2.24) is 4.98 Å². The lowest BCUT2D eigenvalue weighted by molar-refractivity contribution is -0.132. The predicted molar refractivity (Wildman–Crippen MR) is 60.5 cm³/mol. The van der Waals surface area contributed by atoms with Crippen LogP contribution in [-0.2, 0) is 9.59 Å². The van der Waals surface area contributed by atoms with Crippen LogP contribution < -0.4 is 0 Å². The highest BCUT2D eigenvalue weighted by atomic mass is 16.2. The van der Waals surface area contributed by atoms with E-state index in [0.717, 1.165) is 0 Å². The Bertz CT molecular complexity index is 453. The van der Waals surface area contributed by atoms with Gasteiger partial charge in [-0.25, -0.2) is 0 Å². The molecule has 1 aliphatic rings. The summed E-state index contributed by atoms with van der Waals surface area (Å²) in [4.78, 5) is 38.4. The number of nitrogens with zero attached hydrogens (tertiary/aromatic N) is 1. The number of hydrogen-bond donors (Lipinski definition) is 0. The fourth-order valence-electron chi connectivity index (χ4n) is 2.00. The molecule has 1 fully saturated rings. The number of carbonyl (C=O) groups excluding carboxylic acids is 3. The topological polar surface area (TPSA) is 64.1 Å². The summed E-state index contributed by atoms with van der Waals surface area (Å²) in [5, 5.41) is 0. The summed E-state index contributed by atoms with van der Waals surface area (Å²) in [7, 11) is 0. The fourth-order valence-corrected chi connectivity index (χ4v) is 2.00. The van der Waals surface area contributed by atoms with E-state index in [1.807, 2.05) is 0 Å². The van der Waals surface area contributed by atoms with Gasteiger partial charge in [-0.2, -0.15) is 0 Å². The maximum atomic E-state index is 11.8. The molecule has 0 amide bonds. The van der Waals surface area contributed by atoms with Gasteiger partial charge >= 0.3 is 0 Å². The zero-order valence-electron chi connectivity index (χ0n) is 9.39. The molecule has 0 aromatic carbocycles. The van der Waals surface area contributed by atoms with E-state index in [1.54, 1.807) is 24.4 Å². The van der Waals surface area contributed by atoms with E-state index in [0.29, 0.717) is 18.5 Å². The van der Waals surface area contributed by atoms with Crippen molar-refractivity contribution in [3.63, 3.8) is 0 Å². The normalized spacial score (nSPS) is 20.4. The molecular formula is C13H13NO3. The van der Waals surface area contributed by atoms with Gasteiger partial charge < -0.3 is 0 Å². The Morgan fingerprint density at radius 1 is 1.35 bits per heavy atom. The Kier molecular flexibility index (Phi) is 3.42. The van der Waals surface area contributed by atoms with Crippen LogP contribution in [0.1, 0.15) is 36.2 Å². The third-order valence-corrected chi connectivity index (χ3v) is 2.98. The summed E-state index contributed by atoms with van der Waals surface area (Å²) < 4.78 is 0. The summed E-state index contributed by atoms with van der Waals surface area (Å²) in [5.74, 6) is -0.553. The summed E-state index contributed by atoms with van der Waals surface area (Å²) in [5.41, 5.74) is 0.386. The minimum Gasteiger partial charge on any atom is -0.299 e. The number of rotatable bonds is 3. The van der Waals surface area contributed by atoms with Crippen LogP contribution >= 0.6 is 0 Å². The van der Waals surface area contributed by atoms with Crippen molar-refractivity contribution in [1.29, 1.82) is 0 Å². The highest BCUT2D eigenvalue weighted by Crippen LogP contribution is 2.22. The Morgan fingerprint density at radius 2 is 2.18 bits per heavy atom. The number of hydrogen-bond acceptors (Lipinski definition) is 4. The second-order valence-electron chi connectivity index (χ2n) is 4.26. The predicted octanol–water partition coefficient (Wildman–Crippen LogP) is 1.59. The smallest absolute Gasteiger partial charge is 0.181 e. The van der Waals surface area contributed by atoms with E-state index in [1.165, 1.54) is 0 Å². The highest BCUT2D eigenvalue weighted by Gasteiger charge is 2.29. The number of Topliss-reactive ketones (excluding diaryl/α,β-unsaturated/α-hetero) is 3. The highest BCUT2D eigenvalue weighted by molar-refractivity contribution is 6.05. The van der Waals surface area contributed by atoms with Crippen LogP contribution in [0.5, 0.6) is 0 Å². The molecule has 1 heterocycles. The second kappa shape index (κ2) is 4.99. The van der Waals surface area contributed by atoms with E-state index >= 15 is 0 Å². The van der Waals surface area contributed by atoms with Gasteiger partial charge in [-0.15, -0.1) is 0 Å². The minimum atomic E-state index is -0.304. The standard InChI is InChI=1S/C13H13NO3/c15-10-5-4-9(12(16)8-10)7-13(17)11-3-1-2-6-14-11/h1-3,6,9H,4-5,7-8H2. The molecule has 1 saturated carbocycles. The van der Waals surface area contributed by atoms with Crippen LogP contribution in [0.25, 0.3) is 0 Å². The van der Waals surface area contributed by atoms with Gasteiger partial charge in [0.2, 0.25) is 0 Å². The van der Waals surface area contributed by atoms with Crippen LogP contribution in [0.15, 0.2) is 24.4 Å². The Balaban J connectivity index is 2.00. The molecule has 88 valence electrons. The first-order valence-electron chi connectivity index (χ1n) is 5.65.